The Labute approximate surface area is 92.9 Å². The molecule has 1 rings (SSSR count). The normalized spacial score (nSPS) is 9.81. The van der Waals surface area contributed by atoms with Gasteiger partial charge in [0.25, 0.3) is 0 Å². The second kappa shape index (κ2) is 6.57. The Balaban J connectivity index is 2.46. The Hall–Kier alpha value is -1.89. The van der Waals surface area contributed by atoms with Crippen LogP contribution in [0.4, 0.5) is 11.6 Å². The average molecular weight is 226 g/mol. The summed E-state index contributed by atoms with van der Waals surface area (Å²) in [6.45, 7) is 1.03. The molecule has 0 atom stereocenters. The molecule has 1 aromatic heterocycles. The maximum absolute atomic E-state index is 10.3. The second-order valence-electron chi connectivity index (χ2n) is 2.96. The highest BCUT2D eigenvalue weighted by molar-refractivity contribution is 5.72. The third-order valence-corrected chi connectivity index (χ3v) is 1.70. The lowest BCUT2D eigenvalue weighted by Crippen LogP contribution is -2.14. The largest absolute Gasteiger partial charge is 0.480 e. The van der Waals surface area contributed by atoms with Crippen molar-refractivity contribution in [1.29, 1.82) is 0 Å². The van der Waals surface area contributed by atoms with E-state index < -0.39 is 5.97 Å². The van der Waals surface area contributed by atoms with Crippen LogP contribution >= 0.6 is 0 Å². The van der Waals surface area contributed by atoms with Crippen LogP contribution in [0.5, 0.6) is 0 Å². The second-order valence-corrected chi connectivity index (χ2v) is 2.96. The summed E-state index contributed by atoms with van der Waals surface area (Å²) in [4.78, 5) is 18.2. The van der Waals surface area contributed by atoms with Gasteiger partial charge in [0.2, 0.25) is 0 Å². The van der Waals surface area contributed by atoms with Crippen molar-refractivity contribution in [1.82, 2.24) is 9.97 Å². The monoisotopic (exact) mass is 226 g/mol. The van der Waals surface area contributed by atoms with Gasteiger partial charge in [0, 0.05) is 19.7 Å². The highest BCUT2D eigenvalue weighted by atomic mass is 16.5. The summed E-state index contributed by atoms with van der Waals surface area (Å²) in [5.74, 6) is 0.157. The molecule has 16 heavy (non-hydrogen) atoms. The number of carbonyl (C=O) groups is 1. The number of carboxylic acid groups (broad SMARTS) is 1. The topological polar surface area (TPSA) is 96.4 Å². The number of hydrogen-bond acceptors (Lipinski definition) is 6. The van der Waals surface area contributed by atoms with Crippen molar-refractivity contribution in [3.63, 3.8) is 0 Å². The molecule has 1 heterocycles. The molecule has 1 aromatic rings. The maximum Gasteiger partial charge on any atom is 0.322 e. The third-order valence-electron chi connectivity index (χ3n) is 1.70. The molecule has 0 aliphatic carbocycles. The van der Waals surface area contributed by atoms with Crippen LogP contribution in [-0.2, 0) is 9.53 Å². The van der Waals surface area contributed by atoms with Gasteiger partial charge in [0.1, 0.15) is 24.5 Å². The number of aliphatic carboxylic acids is 1. The van der Waals surface area contributed by atoms with Gasteiger partial charge in [-0.3, -0.25) is 4.79 Å². The van der Waals surface area contributed by atoms with E-state index in [0.29, 0.717) is 24.8 Å². The van der Waals surface area contributed by atoms with Crippen molar-refractivity contribution >= 4 is 17.6 Å². The van der Waals surface area contributed by atoms with Crippen molar-refractivity contribution in [3.05, 3.63) is 12.4 Å². The highest BCUT2D eigenvalue weighted by Crippen LogP contribution is 2.07. The zero-order valence-corrected chi connectivity index (χ0v) is 8.93. The summed E-state index contributed by atoms with van der Waals surface area (Å²) < 4.78 is 4.87. The maximum atomic E-state index is 10.3. The third kappa shape index (κ3) is 4.56. The number of methoxy groups -OCH3 is 1. The molecule has 0 fully saturated rings. The van der Waals surface area contributed by atoms with Crippen molar-refractivity contribution in [2.45, 2.75) is 0 Å². The molecule has 0 aromatic carbocycles. The number of rotatable bonds is 7. The minimum atomic E-state index is -0.937. The van der Waals surface area contributed by atoms with Crippen LogP contribution in [0.25, 0.3) is 0 Å². The average Bonchev–Trinajstić information content (AvgIpc) is 2.27. The SMILES string of the molecule is COCCNc1cc(NCC(=O)O)ncn1. The highest BCUT2D eigenvalue weighted by Gasteiger charge is 2.00. The van der Waals surface area contributed by atoms with E-state index in [-0.39, 0.29) is 6.54 Å². The van der Waals surface area contributed by atoms with Crippen molar-refractivity contribution in [3.8, 4) is 0 Å². The van der Waals surface area contributed by atoms with Crippen LogP contribution in [0.15, 0.2) is 12.4 Å². The van der Waals surface area contributed by atoms with Gasteiger partial charge < -0.3 is 20.5 Å². The molecule has 3 N–H and O–H groups in total. The number of aromatic nitrogens is 2. The van der Waals surface area contributed by atoms with Crippen LogP contribution in [0, 0.1) is 0 Å². The molecule has 0 aliphatic heterocycles. The van der Waals surface area contributed by atoms with Crippen molar-refractivity contribution in [2.75, 3.05) is 37.4 Å². The fourth-order valence-corrected chi connectivity index (χ4v) is 0.998. The van der Waals surface area contributed by atoms with Gasteiger partial charge in [-0.25, -0.2) is 9.97 Å². The first-order valence-electron chi connectivity index (χ1n) is 4.73. The zero-order valence-electron chi connectivity index (χ0n) is 8.93. The molecular formula is C9H14N4O3. The van der Waals surface area contributed by atoms with Gasteiger partial charge in [0.05, 0.1) is 6.61 Å². The fraction of sp³-hybridized carbons (Fsp3) is 0.444. The Morgan fingerprint density at radius 1 is 1.44 bits per heavy atom. The molecular weight excluding hydrogens is 212 g/mol. The molecule has 0 aliphatic rings. The van der Waals surface area contributed by atoms with Crippen molar-refractivity contribution < 1.29 is 14.6 Å². The Bertz CT molecular complexity index is 345. The summed E-state index contributed by atoms with van der Waals surface area (Å²) >= 11 is 0. The molecule has 0 bridgehead atoms. The minimum Gasteiger partial charge on any atom is -0.480 e. The van der Waals surface area contributed by atoms with Gasteiger partial charge in [-0.1, -0.05) is 0 Å². The molecule has 0 radical (unpaired) electrons. The van der Waals surface area contributed by atoms with Gasteiger partial charge in [-0.05, 0) is 0 Å². The standard InChI is InChI=1S/C9H14N4O3/c1-16-3-2-10-7-4-8(13-6-12-7)11-5-9(14)15/h4,6H,2-3,5H2,1H3,(H,14,15)(H2,10,11,12,13). The lowest BCUT2D eigenvalue weighted by atomic mass is 10.5. The van der Waals surface area contributed by atoms with E-state index in [1.165, 1.54) is 6.33 Å². The number of hydrogen-bond donors (Lipinski definition) is 3. The van der Waals surface area contributed by atoms with E-state index in [1.54, 1.807) is 13.2 Å². The predicted octanol–water partition coefficient (Wildman–Crippen LogP) is 0.0314. The first-order chi connectivity index (χ1) is 7.72. The van der Waals surface area contributed by atoms with Gasteiger partial charge >= 0.3 is 5.97 Å². The van der Waals surface area contributed by atoms with E-state index in [9.17, 15) is 4.79 Å². The van der Waals surface area contributed by atoms with Crippen LogP contribution in [0.2, 0.25) is 0 Å². The zero-order chi connectivity index (χ0) is 11.8. The number of nitrogens with one attached hydrogen (secondary N) is 2. The first-order valence-corrected chi connectivity index (χ1v) is 4.73. The Kier molecular flexibility index (Phi) is 5.00. The smallest absolute Gasteiger partial charge is 0.322 e. The Morgan fingerprint density at radius 3 is 2.75 bits per heavy atom. The molecule has 0 saturated carbocycles. The van der Waals surface area contributed by atoms with E-state index in [2.05, 4.69) is 20.6 Å². The summed E-state index contributed by atoms with van der Waals surface area (Å²) in [6.07, 6.45) is 1.36. The lowest BCUT2D eigenvalue weighted by Gasteiger charge is -2.06. The summed E-state index contributed by atoms with van der Waals surface area (Å²) in [6, 6.07) is 1.64. The number of carboxylic acids is 1. The van der Waals surface area contributed by atoms with Gasteiger partial charge in [-0.2, -0.15) is 0 Å². The quantitative estimate of drug-likeness (QED) is 0.564. The molecule has 7 nitrogen and oxygen atoms in total. The molecule has 0 spiro atoms. The van der Waals surface area contributed by atoms with Crippen LogP contribution in [0.1, 0.15) is 0 Å². The van der Waals surface area contributed by atoms with Crippen LogP contribution < -0.4 is 10.6 Å². The number of ether oxygens (including phenoxy) is 1. The molecule has 0 saturated heterocycles. The summed E-state index contributed by atoms with van der Waals surface area (Å²) in [5.41, 5.74) is 0. The summed E-state index contributed by atoms with van der Waals surface area (Å²) in [5, 5.41) is 14.1. The number of anilines is 2. The predicted molar refractivity (Wildman–Crippen MR) is 58.5 cm³/mol. The molecule has 7 heteroatoms. The van der Waals surface area contributed by atoms with E-state index >= 15 is 0 Å². The lowest BCUT2D eigenvalue weighted by molar-refractivity contribution is -0.134. The van der Waals surface area contributed by atoms with Crippen molar-refractivity contribution in [2.24, 2.45) is 0 Å². The summed E-state index contributed by atoms with van der Waals surface area (Å²) in [7, 11) is 1.61. The van der Waals surface area contributed by atoms with E-state index in [1.807, 2.05) is 0 Å². The molecule has 88 valence electrons. The minimum absolute atomic E-state index is 0.172. The fourth-order valence-electron chi connectivity index (χ4n) is 0.998. The Morgan fingerprint density at radius 2 is 2.12 bits per heavy atom. The molecule has 0 amide bonds. The van der Waals surface area contributed by atoms with Crippen LogP contribution in [0.3, 0.4) is 0 Å². The van der Waals surface area contributed by atoms with Crippen LogP contribution in [-0.4, -0.2) is 47.8 Å². The van der Waals surface area contributed by atoms with Gasteiger partial charge in [-0.15, -0.1) is 0 Å². The van der Waals surface area contributed by atoms with E-state index in [4.69, 9.17) is 9.84 Å². The van der Waals surface area contributed by atoms with E-state index in [0.717, 1.165) is 0 Å². The first kappa shape index (κ1) is 12.2. The number of nitrogens with zero attached hydrogens (tertiary/aromatic N) is 2. The molecule has 0 unspecified atom stereocenters. The van der Waals surface area contributed by atoms with Gasteiger partial charge in [0.15, 0.2) is 0 Å².